The normalized spacial score (nSPS) is 25.1. The molecule has 2 rings (SSSR count). The van der Waals surface area contributed by atoms with Crippen LogP contribution >= 0.6 is 0 Å². The van der Waals surface area contributed by atoms with Gasteiger partial charge in [-0.15, -0.1) is 0 Å². The summed E-state index contributed by atoms with van der Waals surface area (Å²) in [5.41, 5.74) is 5.64. The molecule has 3 N–H and O–H groups in total. The molecule has 0 aliphatic heterocycles. The summed E-state index contributed by atoms with van der Waals surface area (Å²) in [6.07, 6.45) is 1.83. The van der Waals surface area contributed by atoms with Gasteiger partial charge in [0.1, 0.15) is 0 Å². The highest BCUT2D eigenvalue weighted by atomic mass is 32.2. The fourth-order valence-corrected chi connectivity index (χ4v) is 3.00. The van der Waals surface area contributed by atoms with Crippen molar-refractivity contribution < 1.29 is 8.42 Å². The van der Waals surface area contributed by atoms with E-state index in [-0.39, 0.29) is 6.04 Å². The lowest BCUT2D eigenvalue weighted by Crippen LogP contribution is -2.42. The van der Waals surface area contributed by atoms with Gasteiger partial charge < -0.3 is 5.73 Å². The summed E-state index contributed by atoms with van der Waals surface area (Å²) in [6, 6.07) is 8.67. The van der Waals surface area contributed by atoms with E-state index in [1.54, 1.807) is 30.3 Å². The lowest BCUT2D eigenvalue weighted by Gasteiger charge is -2.32. The Hall–Kier alpha value is -0.910. The van der Waals surface area contributed by atoms with Gasteiger partial charge in [0, 0.05) is 12.6 Å². The molecule has 0 atom stereocenters. The minimum Gasteiger partial charge on any atom is -0.328 e. The zero-order chi connectivity index (χ0) is 11.6. The molecule has 1 saturated carbocycles. The van der Waals surface area contributed by atoms with E-state index >= 15 is 0 Å². The molecular weight excluding hydrogens is 224 g/mol. The Bertz CT molecular complexity index is 438. The molecule has 0 amide bonds. The van der Waals surface area contributed by atoms with Crippen molar-refractivity contribution in [2.24, 2.45) is 11.7 Å². The quantitative estimate of drug-likeness (QED) is 0.814. The molecule has 1 aromatic rings. The van der Waals surface area contributed by atoms with E-state index in [0.29, 0.717) is 17.4 Å². The Morgan fingerprint density at radius 1 is 1.25 bits per heavy atom. The van der Waals surface area contributed by atoms with Crippen LogP contribution in [0.25, 0.3) is 0 Å². The molecule has 88 valence electrons. The maximum Gasteiger partial charge on any atom is 0.240 e. The first-order chi connectivity index (χ1) is 7.58. The summed E-state index contributed by atoms with van der Waals surface area (Å²) in [7, 11) is -3.34. The molecule has 1 aliphatic carbocycles. The molecule has 4 nitrogen and oxygen atoms in total. The molecule has 1 aliphatic rings. The van der Waals surface area contributed by atoms with Crippen molar-refractivity contribution in [3.05, 3.63) is 30.3 Å². The van der Waals surface area contributed by atoms with Gasteiger partial charge in [0.2, 0.25) is 10.0 Å². The first-order valence-electron chi connectivity index (χ1n) is 5.38. The van der Waals surface area contributed by atoms with Crippen LogP contribution in [0.2, 0.25) is 0 Å². The Kier molecular flexibility index (Phi) is 3.28. The summed E-state index contributed by atoms with van der Waals surface area (Å²) >= 11 is 0. The van der Waals surface area contributed by atoms with E-state index in [1.165, 1.54) is 0 Å². The smallest absolute Gasteiger partial charge is 0.240 e. The lowest BCUT2D eigenvalue weighted by molar-refractivity contribution is 0.267. The third kappa shape index (κ3) is 2.61. The summed E-state index contributed by atoms with van der Waals surface area (Å²) < 4.78 is 26.2. The van der Waals surface area contributed by atoms with Gasteiger partial charge in [-0.3, -0.25) is 0 Å². The van der Waals surface area contributed by atoms with Crippen molar-refractivity contribution in [2.75, 3.05) is 6.54 Å². The predicted molar refractivity (Wildman–Crippen MR) is 62.3 cm³/mol. The first kappa shape index (κ1) is 11.6. The minimum absolute atomic E-state index is 0.256. The van der Waals surface area contributed by atoms with Crippen LogP contribution in [-0.2, 0) is 10.0 Å². The van der Waals surface area contributed by atoms with E-state index in [0.717, 1.165) is 12.8 Å². The molecule has 1 aromatic carbocycles. The highest BCUT2D eigenvalue weighted by Crippen LogP contribution is 2.24. The van der Waals surface area contributed by atoms with Crippen LogP contribution in [0.3, 0.4) is 0 Å². The molecule has 0 spiro atoms. The van der Waals surface area contributed by atoms with Crippen molar-refractivity contribution >= 4 is 10.0 Å². The van der Waals surface area contributed by atoms with E-state index in [1.807, 2.05) is 0 Å². The Morgan fingerprint density at radius 2 is 1.88 bits per heavy atom. The van der Waals surface area contributed by atoms with E-state index < -0.39 is 10.0 Å². The molecule has 0 heterocycles. The summed E-state index contributed by atoms with van der Waals surface area (Å²) in [6.45, 7) is 0.491. The zero-order valence-corrected chi connectivity index (χ0v) is 9.78. The first-order valence-corrected chi connectivity index (χ1v) is 6.86. The monoisotopic (exact) mass is 240 g/mol. The largest absolute Gasteiger partial charge is 0.328 e. The molecule has 0 saturated heterocycles. The maximum atomic E-state index is 11.8. The van der Waals surface area contributed by atoms with Gasteiger partial charge in [-0.05, 0) is 30.9 Å². The van der Waals surface area contributed by atoms with Crippen LogP contribution in [0, 0.1) is 5.92 Å². The fraction of sp³-hybridized carbons (Fsp3) is 0.455. The highest BCUT2D eigenvalue weighted by Gasteiger charge is 2.27. The van der Waals surface area contributed by atoms with Gasteiger partial charge in [-0.1, -0.05) is 18.2 Å². The topological polar surface area (TPSA) is 72.2 Å². The molecule has 0 bridgehead atoms. The van der Waals surface area contributed by atoms with Crippen LogP contribution in [0.4, 0.5) is 0 Å². The summed E-state index contributed by atoms with van der Waals surface area (Å²) in [5.74, 6) is 0.397. The molecule has 0 radical (unpaired) electrons. The standard InChI is InChI=1S/C11H16N2O2S/c12-10-6-9(7-10)8-13-16(14,15)11-4-2-1-3-5-11/h1-5,9-10,13H,6-8,12H2. The third-order valence-corrected chi connectivity index (χ3v) is 4.33. The molecule has 5 heteroatoms. The highest BCUT2D eigenvalue weighted by molar-refractivity contribution is 7.89. The second-order valence-corrected chi connectivity index (χ2v) is 6.03. The summed E-state index contributed by atoms with van der Waals surface area (Å²) in [5, 5.41) is 0. The van der Waals surface area contributed by atoms with Gasteiger partial charge in [0.25, 0.3) is 0 Å². The fourth-order valence-electron chi connectivity index (χ4n) is 1.86. The van der Waals surface area contributed by atoms with Crippen LogP contribution < -0.4 is 10.5 Å². The van der Waals surface area contributed by atoms with Gasteiger partial charge in [0.15, 0.2) is 0 Å². The van der Waals surface area contributed by atoms with Gasteiger partial charge in [-0.25, -0.2) is 13.1 Å². The van der Waals surface area contributed by atoms with Crippen molar-refractivity contribution in [2.45, 2.75) is 23.8 Å². The average molecular weight is 240 g/mol. The van der Waals surface area contributed by atoms with Crippen LogP contribution in [0.1, 0.15) is 12.8 Å². The Labute approximate surface area is 95.9 Å². The molecular formula is C11H16N2O2S. The zero-order valence-electron chi connectivity index (χ0n) is 8.96. The number of nitrogens with one attached hydrogen (secondary N) is 1. The van der Waals surface area contributed by atoms with Gasteiger partial charge in [0.05, 0.1) is 4.90 Å². The number of benzene rings is 1. The lowest BCUT2D eigenvalue weighted by atomic mass is 9.81. The number of hydrogen-bond acceptors (Lipinski definition) is 3. The van der Waals surface area contributed by atoms with E-state index in [9.17, 15) is 8.42 Å². The maximum absolute atomic E-state index is 11.8. The van der Waals surface area contributed by atoms with Crippen LogP contribution in [0.15, 0.2) is 35.2 Å². The number of nitrogens with two attached hydrogens (primary N) is 1. The van der Waals surface area contributed by atoms with Gasteiger partial charge >= 0.3 is 0 Å². The number of sulfonamides is 1. The van der Waals surface area contributed by atoms with Crippen molar-refractivity contribution in [1.82, 2.24) is 4.72 Å². The summed E-state index contributed by atoms with van der Waals surface area (Å²) in [4.78, 5) is 0.318. The Balaban J connectivity index is 1.94. The van der Waals surface area contributed by atoms with E-state index in [4.69, 9.17) is 5.73 Å². The SMILES string of the molecule is NC1CC(CNS(=O)(=O)c2ccccc2)C1. The average Bonchev–Trinajstić information content (AvgIpc) is 2.24. The van der Waals surface area contributed by atoms with Crippen molar-refractivity contribution in [3.8, 4) is 0 Å². The number of rotatable bonds is 4. The van der Waals surface area contributed by atoms with Crippen molar-refractivity contribution in [1.29, 1.82) is 0 Å². The van der Waals surface area contributed by atoms with E-state index in [2.05, 4.69) is 4.72 Å². The second-order valence-electron chi connectivity index (χ2n) is 4.26. The molecule has 0 aromatic heterocycles. The van der Waals surface area contributed by atoms with Crippen molar-refractivity contribution in [3.63, 3.8) is 0 Å². The molecule has 16 heavy (non-hydrogen) atoms. The molecule has 0 unspecified atom stereocenters. The predicted octanol–water partition coefficient (Wildman–Crippen LogP) is 0.702. The number of hydrogen-bond donors (Lipinski definition) is 2. The van der Waals surface area contributed by atoms with Crippen LogP contribution in [-0.4, -0.2) is 21.0 Å². The Morgan fingerprint density at radius 3 is 2.44 bits per heavy atom. The third-order valence-electron chi connectivity index (χ3n) is 2.89. The van der Waals surface area contributed by atoms with Gasteiger partial charge in [-0.2, -0.15) is 0 Å². The van der Waals surface area contributed by atoms with Crippen LogP contribution in [0.5, 0.6) is 0 Å². The second kappa shape index (κ2) is 4.53. The molecule has 1 fully saturated rings. The minimum atomic E-state index is -3.34.